The number of anilines is 1. The normalized spacial score (nSPS) is 15.6. The van der Waals surface area contributed by atoms with Crippen LogP contribution in [0.25, 0.3) is 0 Å². The second-order valence-electron chi connectivity index (χ2n) is 6.50. The van der Waals surface area contributed by atoms with E-state index in [4.69, 9.17) is 11.6 Å². The number of benzene rings is 2. The van der Waals surface area contributed by atoms with Crippen molar-refractivity contribution in [1.29, 1.82) is 0 Å². The van der Waals surface area contributed by atoms with Crippen molar-refractivity contribution in [3.8, 4) is 0 Å². The molecule has 1 aliphatic carbocycles. The van der Waals surface area contributed by atoms with Crippen LogP contribution in [0.5, 0.6) is 0 Å². The molecule has 0 bridgehead atoms. The summed E-state index contributed by atoms with van der Waals surface area (Å²) in [6, 6.07) is 14.7. The summed E-state index contributed by atoms with van der Waals surface area (Å²) in [6.07, 6.45) is 3.02. The van der Waals surface area contributed by atoms with Gasteiger partial charge in [0.1, 0.15) is 0 Å². The van der Waals surface area contributed by atoms with Crippen LogP contribution in [-0.4, -0.2) is 11.8 Å². The molecule has 6 heteroatoms. The number of hydrogen-bond donors (Lipinski definition) is 3. The highest BCUT2D eigenvalue weighted by molar-refractivity contribution is 6.30. The maximum Gasteiger partial charge on any atom is 0.257 e. The second kappa shape index (κ2) is 7.29. The van der Waals surface area contributed by atoms with Gasteiger partial charge in [0.15, 0.2) is 0 Å². The Kier molecular flexibility index (Phi) is 4.69. The van der Waals surface area contributed by atoms with Gasteiger partial charge in [0.05, 0.1) is 16.9 Å². The molecule has 5 nitrogen and oxygen atoms in total. The predicted octanol–water partition coefficient (Wildman–Crippen LogP) is 3.74. The minimum atomic E-state index is -0.179. The summed E-state index contributed by atoms with van der Waals surface area (Å²) in [6.45, 7) is 0.426. The van der Waals surface area contributed by atoms with Gasteiger partial charge in [-0.2, -0.15) is 0 Å². The summed E-state index contributed by atoms with van der Waals surface area (Å²) in [4.78, 5) is 25.0. The van der Waals surface area contributed by atoms with E-state index < -0.39 is 0 Å². The average molecular weight is 380 g/mol. The fourth-order valence-corrected chi connectivity index (χ4v) is 3.31. The number of halogens is 1. The molecule has 3 N–H and O–H groups in total. The number of nitrogens with one attached hydrogen (secondary N) is 3. The molecule has 136 valence electrons. The molecular formula is C21H18ClN3O2. The van der Waals surface area contributed by atoms with Gasteiger partial charge in [0.2, 0.25) is 5.91 Å². The van der Waals surface area contributed by atoms with Gasteiger partial charge < -0.3 is 16.0 Å². The van der Waals surface area contributed by atoms with Crippen LogP contribution in [0.2, 0.25) is 5.02 Å². The number of carbonyl (C=O) groups is 2. The fraction of sp³-hybridized carbons (Fsp3) is 0.143. The van der Waals surface area contributed by atoms with Gasteiger partial charge in [-0.25, -0.2) is 0 Å². The third-order valence-electron chi connectivity index (χ3n) is 4.65. The SMILES string of the molecule is O=C(NCc1ccc(Cl)cc1)C1=CC2=C(CC1)Nc1ccccc1C(=O)N2. The summed E-state index contributed by atoms with van der Waals surface area (Å²) in [5.41, 5.74) is 4.57. The third kappa shape index (κ3) is 3.73. The van der Waals surface area contributed by atoms with Crippen molar-refractivity contribution < 1.29 is 9.59 Å². The van der Waals surface area contributed by atoms with Crippen LogP contribution in [-0.2, 0) is 11.3 Å². The molecule has 27 heavy (non-hydrogen) atoms. The number of amides is 2. The molecule has 0 unspecified atom stereocenters. The Labute approximate surface area is 162 Å². The van der Waals surface area contributed by atoms with Crippen molar-refractivity contribution in [2.24, 2.45) is 0 Å². The van der Waals surface area contributed by atoms with E-state index >= 15 is 0 Å². The molecule has 0 radical (unpaired) electrons. The lowest BCUT2D eigenvalue weighted by atomic mass is 9.99. The summed E-state index contributed by atoms with van der Waals surface area (Å²) in [7, 11) is 0. The van der Waals surface area contributed by atoms with Gasteiger partial charge in [-0.1, -0.05) is 35.9 Å². The van der Waals surface area contributed by atoms with Gasteiger partial charge in [-0.05, 0) is 48.7 Å². The highest BCUT2D eigenvalue weighted by Gasteiger charge is 2.24. The average Bonchev–Trinajstić information content (AvgIpc) is 2.82. The van der Waals surface area contributed by atoms with Crippen molar-refractivity contribution in [2.75, 3.05) is 5.32 Å². The maximum absolute atomic E-state index is 12.5. The van der Waals surface area contributed by atoms with Gasteiger partial charge in [-0.3, -0.25) is 9.59 Å². The first-order chi connectivity index (χ1) is 13.1. The van der Waals surface area contributed by atoms with Crippen LogP contribution in [0.3, 0.4) is 0 Å². The minimum absolute atomic E-state index is 0.132. The zero-order chi connectivity index (χ0) is 18.8. The van der Waals surface area contributed by atoms with E-state index in [0.717, 1.165) is 16.9 Å². The number of rotatable bonds is 3. The molecule has 1 heterocycles. The summed E-state index contributed by atoms with van der Waals surface area (Å²) >= 11 is 5.88. The van der Waals surface area contributed by atoms with Crippen molar-refractivity contribution in [2.45, 2.75) is 19.4 Å². The highest BCUT2D eigenvalue weighted by atomic mass is 35.5. The molecule has 2 aliphatic rings. The van der Waals surface area contributed by atoms with Gasteiger partial charge in [0.25, 0.3) is 5.91 Å². The van der Waals surface area contributed by atoms with Crippen molar-refractivity contribution in [3.63, 3.8) is 0 Å². The van der Waals surface area contributed by atoms with Gasteiger partial charge in [0, 0.05) is 22.8 Å². The third-order valence-corrected chi connectivity index (χ3v) is 4.90. The molecule has 2 amide bonds. The van der Waals surface area contributed by atoms with Gasteiger partial charge >= 0.3 is 0 Å². The number of fused-ring (bicyclic) bond motifs is 1. The minimum Gasteiger partial charge on any atom is -0.357 e. The van der Waals surface area contributed by atoms with E-state index in [0.29, 0.717) is 41.2 Å². The predicted molar refractivity (Wildman–Crippen MR) is 105 cm³/mol. The lowest BCUT2D eigenvalue weighted by Gasteiger charge is -2.19. The topological polar surface area (TPSA) is 70.2 Å². The Morgan fingerprint density at radius 3 is 2.63 bits per heavy atom. The lowest BCUT2D eigenvalue weighted by Crippen LogP contribution is -2.28. The maximum atomic E-state index is 12.5. The summed E-state index contributed by atoms with van der Waals surface area (Å²) in [5.74, 6) is -0.310. The van der Waals surface area contributed by atoms with E-state index in [1.807, 2.05) is 30.3 Å². The van der Waals surface area contributed by atoms with Crippen molar-refractivity contribution in [3.05, 3.63) is 87.7 Å². The smallest absolute Gasteiger partial charge is 0.257 e. The van der Waals surface area contributed by atoms with E-state index in [-0.39, 0.29) is 11.8 Å². The number of hydrogen-bond acceptors (Lipinski definition) is 3. The Morgan fingerprint density at radius 2 is 1.81 bits per heavy atom. The zero-order valence-electron chi connectivity index (χ0n) is 14.5. The van der Waals surface area contributed by atoms with Gasteiger partial charge in [-0.15, -0.1) is 0 Å². The van der Waals surface area contributed by atoms with E-state index in [1.54, 1.807) is 24.3 Å². The van der Waals surface area contributed by atoms with E-state index in [2.05, 4.69) is 16.0 Å². The molecule has 0 saturated heterocycles. The first-order valence-electron chi connectivity index (χ1n) is 8.74. The molecule has 2 aromatic rings. The molecule has 0 spiro atoms. The Balaban J connectivity index is 1.49. The molecule has 0 atom stereocenters. The first kappa shape index (κ1) is 17.4. The number of allylic oxidation sites excluding steroid dienone is 2. The van der Waals surface area contributed by atoms with Crippen molar-refractivity contribution in [1.82, 2.24) is 10.6 Å². The van der Waals surface area contributed by atoms with Crippen LogP contribution < -0.4 is 16.0 Å². The van der Waals surface area contributed by atoms with Crippen LogP contribution in [0.15, 0.2) is 71.6 Å². The molecular weight excluding hydrogens is 362 g/mol. The summed E-state index contributed by atoms with van der Waals surface area (Å²) < 4.78 is 0. The van der Waals surface area contributed by atoms with Crippen molar-refractivity contribution >= 4 is 29.1 Å². The fourth-order valence-electron chi connectivity index (χ4n) is 3.19. The zero-order valence-corrected chi connectivity index (χ0v) is 15.3. The van der Waals surface area contributed by atoms with Crippen LogP contribution in [0, 0.1) is 0 Å². The first-order valence-corrected chi connectivity index (χ1v) is 9.12. The largest absolute Gasteiger partial charge is 0.357 e. The molecule has 1 aliphatic heterocycles. The Bertz CT molecular complexity index is 977. The van der Waals surface area contributed by atoms with E-state index in [1.165, 1.54) is 0 Å². The Hall–Kier alpha value is -3.05. The molecule has 0 saturated carbocycles. The highest BCUT2D eigenvalue weighted by Crippen LogP contribution is 2.29. The number of para-hydroxylation sites is 1. The standard InChI is InChI=1S/C21H18ClN3O2/c22-15-8-5-13(6-9-15)12-23-20(26)14-7-10-18-19(11-14)25-21(27)16-3-1-2-4-17(16)24-18/h1-6,8-9,11,24H,7,10,12H2,(H,23,26)(H,25,27). The number of carbonyl (C=O) groups excluding carboxylic acids is 2. The Morgan fingerprint density at radius 1 is 1.04 bits per heavy atom. The second-order valence-corrected chi connectivity index (χ2v) is 6.93. The van der Waals surface area contributed by atoms with Crippen LogP contribution in [0.4, 0.5) is 5.69 Å². The summed E-state index contributed by atoms with van der Waals surface area (Å²) in [5, 5.41) is 9.82. The van der Waals surface area contributed by atoms with E-state index in [9.17, 15) is 9.59 Å². The molecule has 4 rings (SSSR count). The van der Waals surface area contributed by atoms with Crippen LogP contribution >= 0.6 is 11.6 Å². The lowest BCUT2D eigenvalue weighted by molar-refractivity contribution is -0.117. The quantitative estimate of drug-likeness (QED) is 0.760. The monoisotopic (exact) mass is 379 g/mol. The molecule has 2 aromatic carbocycles. The molecule has 0 fully saturated rings. The molecule has 0 aromatic heterocycles. The van der Waals surface area contributed by atoms with Crippen LogP contribution in [0.1, 0.15) is 28.8 Å².